The lowest BCUT2D eigenvalue weighted by atomic mass is 10.1. The van der Waals surface area contributed by atoms with Crippen molar-refractivity contribution in [3.63, 3.8) is 0 Å². The maximum atomic E-state index is 5.27. The lowest BCUT2D eigenvalue weighted by molar-refractivity contribution is 0.0922. The van der Waals surface area contributed by atoms with E-state index in [2.05, 4.69) is 15.0 Å². The minimum atomic E-state index is 0.790. The molecule has 2 fully saturated rings. The fourth-order valence-corrected chi connectivity index (χ4v) is 2.91. The molecule has 0 bridgehead atoms. The molecule has 0 aliphatic carbocycles. The predicted molar refractivity (Wildman–Crippen MR) is 61.1 cm³/mol. The minimum Gasteiger partial charge on any atom is -0.360 e. The van der Waals surface area contributed by atoms with Crippen LogP contribution in [0, 0.1) is 6.92 Å². The van der Waals surface area contributed by atoms with Gasteiger partial charge in [0, 0.05) is 31.7 Å². The number of aromatic nitrogens is 1. The summed E-state index contributed by atoms with van der Waals surface area (Å²) in [5.74, 6) is 1.00. The summed E-state index contributed by atoms with van der Waals surface area (Å²) in [6, 6.07) is 2.83. The minimum absolute atomic E-state index is 0.790. The van der Waals surface area contributed by atoms with Crippen LogP contribution < -0.4 is 0 Å². The van der Waals surface area contributed by atoms with Gasteiger partial charge in [0.1, 0.15) is 0 Å². The van der Waals surface area contributed by atoms with Gasteiger partial charge < -0.3 is 4.52 Å². The smallest absolute Gasteiger partial charge is 0.150 e. The van der Waals surface area contributed by atoms with Gasteiger partial charge in [-0.05, 0) is 26.3 Å². The lowest BCUT2D eigenvalue weighted by Crippen LogP contribution is -2.49. The van der Waals surface area contributed by atoms with E-state index in [1.54, 1.807) is 0 Å². The average Bonchev–Trinajstić information content (AvgIpc) is 2.87. The molecule has 3 heterocycles. The lowest BCUT2D eigenvalue weighted by Gasteiger charge is -2.36. The van der Waals surface area contributed by atoms with E-state index in [4.69, 9.17) is 4.52 Å². The molecule has 88 valence electrons. The van der Waals surface area contributed by atoms with Gasteiger partial charge in [-0.2, -0.15) is 0 Å². The maximum Gasteiger partial charge on any atom is 0.150 e. The Morgan fingerprint density at radius 2 is 2.38 bits per heavy atom. The van der Waals surface area contributed by atoms with Gasteiger partial charge in [0.25, 0.3) is 0 Å². The van der Waals surface area contributed by atoms with Gasteiger partial charge in [-0.25, -0.2) is 0 Å². The second-order valence-electron chi connectivity index (χ2n) is 5.00. The van der Waals surface area contributed by atoms with Crippen molar-refractivity contribution in [2.75, 3.05) is 26.2 Å². The predicted octanol–water partition coefficient (Wildman–Crippen LogP) is 1.26. The number of rotatable bonds is 2. The zero-order valence-corrected chi connectivity index (χ0v) is 9.85. The van der Waals surface area contributed by atoms with Crippen molar-refractivity contribution < 1.29 is 4.52 Å². The normalized spacial score (nSPS) is 27.2. The molecule has 0 spiro atoms. The molecule has 0 saturated carbocycles. The van der Waals surface area contributed by atoms with Crippen molar-refractivity contribution in [1.82, 2.24) is 15.0 Å². The number of hydrogen-bond donors (Lipinski definition) is 0. The molecule has 1 aromatic heterocycles. The standard InChI is InChI=1S/C12H19N3O/c1-10-7-12(16-13-10)9-14-5-6-15-4-2-3-11(15)8-14/h7,11H,2-6,8-9H2,1H3. The summed E-state index contributed by atoms with van der Waals surface area (Å²) in [6.45, 7) is 7.78. The van der Waals surface area contributed by atoms with Crippen LogP contribution in [0.5, 0.6) is 0 Å². The Morgan fingerprint density at radius 1 is 1.44 bits per heavy atom. The Morgan fingerprint density at radius 3 is 3.19 bits per heavy atom. The first-order valence-electron chi connectivity index (χ1n) is 6.20. The molecule has 0 N–H and O–H groups in total. The van der Waals surface area contributed by atoms with E-state index in [0.29, 0.717) is 0 Å². The molecule has 0 radical (unpaired) electrons. The first-order valence-corrected chi connectivity index (χ1v) is 6.20. The van der Waals surface area contributed by atoms with Crippen LogP contribution >= 0.6 is 0 Å². The first-order chi connectivity index (χ1) is 7.81. The van der Waals surface area contributed by atoms with E-state index in [1.807, 2.05) is 13.0 Å². The molecule has 1 atom stereocenters. The topological polar surface area (TPSA) is 32.5 Å². The summed E-state index contributed by atoms with van der Waals surface area (Å²) in [5.41, 5.74) is 0.981. The Kier molecular flexibility index (Phi) is 2.69. The zero-order valence-electron chi connectivity index (χ0n) is 9.85. The molecule has 4 heteroatoms. The zero-order chi connectivity index (χ0) is 11.0. The van der Waals surface area contributed by atoms with Crippen LogP contribution in [0.1, 0.15) is 24.3 Å². The van der Waals surface area contributed by atoms with Gasteiger partial charge in [-0.15, -0.1) is 0 Å². The van der Waals surface area contributed by atoms with Gasteiger partial charge >= 0.3 is 0 Å². The highest BCUT2D eigenvalue weighted by Gasteiger charge is 2.30. The second kappa shape index (κ2) is 4.18. The Bertz CT molecular complexity index is 363. The Balaban J connectivity index is 1.60. The highest BCUT2D eigenvalue weighted by molar-refractivity contribution is 5.03. The molecular weight excluding hydrogens is 202 g/mol. The van der Waals surface area contributed by atoms with Crippen LogP contribution in [0.4, 0.5) is 0 Å². The average molecular weight is 221 g/mol. The third-order valence-corrected chi connectivity index (χ3v) is 3.73. The SMILES string of the molecule is Cc1cc(CN2CCN3CCCC3C2)on1. The third kappa shape index (κ3) is 1.99. The van der Waals surface area contributed by atoms with Crippen LogP contribution in [-0.4, -0.2) is 47.2 Å². The molecule has 1 unspecified atom stereocenters. The molecule has 0 aromatic carbocycles. The quantitative estimate of drug-likeness (QED) is 0.752. The van der Waals surface area contributed by atoms with Gasteiger partial charge in [-0.3, -0.25) is 9.80 Å². The number of piperazine rings is 1. The number of hydrogen-bond acceptors (Lipinski definition) is 4. The van der Waals surface area contributed by atoms with Crippen LogP contribution in [0.15, 0.2) is 10.6 Å². The second-order valence-corrected chi connectivity index (χ2v) is 5.00. The van der Waals surface area contributed by atoms with Crippen molar-refractivity contribution in [2.24, 2.45) is 0 Å². The van der Waals surface area contributed by atoms with Crippen molar-refractivity contribution >= 4 is 0 Å². The highest BCUT2D eigenvalue weighted by Crippen LogP contribution is 2.22. The van der Waals surface area contributed by atoms with Crippen molar-refractivity contribution in [3.8, 4) is 0 Å². The van der Waals surface area contributed by atoms with Crippen LogP contribution in [0.25, 0.3) is 0 Å². The van der Waals surface area contributed by atoms with Crippen LogP contribution in [0.3, 0.4) is 0 Å². The monoisotopic (exact) mass is 221 g/mol. The van der Waals surface area contributed by atoms with E-state index in [0.717, 1.165) is 30.6 Å². The molecule has 16 heavy (non-hydrogen) atoms. The molecular formula is C12H19N3O. The van der Waals surface area contributed by atoms with E-state index in [9.17, 15) is 0 Å². The Labute approximate surface area is 96.2 Å². The number of aryl methyl sites for hydroxylation is 1. The van der Waals surface area contributed by atoms with Crippen molar-refractivity contribution in [3.05, 3.63) is 17.5 Å². The third-order valence-electron chi connectivity index (χ3n) is 3.73. The highest BCUT2D eigenvalue weighted by atomic mass is 16.5. The van der Waals surface area contributed by atoms with E-state index in [-0.39, 0.29) is 0 Å². The molecule has 4 nitrogen and oxygen atoms in total. The largest absolute Gasteiger partial charge is 0.360 e. The Hall–Kier alpha value is -0.870. The van der Waals surface area contributed by atoms with E-state index in [1.165, 1.54) is 32.5 Å². The van der Waals surface area contributed by atoms with Crippen LogP contribution in [0.2, 0.25) is 0 Å². The summed E-state index contributed by atoms with van der Waals surface area (Å²) in [6.07, 6.45) is 2.74. The molecule has 3 rings (SSSR count). The molecule has 2 aliphatic rings. The molecule has 1 aromatic rings. The molecule has 0 amide bonds. The summed E-state index contributed by atoms with van der Waals surface area (Å²) in [4.78, 5) is 5.12. The van der Waals surface area contributed by atoms with E-state index < -0.39 is 0 Å². The maximum absolute atomic E-state index is 5.27. The fraction of sp³-hybridized carbons (Fsp3) is 0.750. The number of nitrogens with zero attached hydrogens (tertiary/aromatic N) is 3. The van der Waals surface area contributed by atoms with Gasteiger partial charge in [0.2, 0.25) is 0 Å². The number of fused-ring (bicyclic) bond motifs is 1. The van der Waals surface area contributed by atoms with Gasteiger partial charge in [0.05, 0.1) is 12.2 Å². The molecule has 2 aliphatic heterocycles. The molecule has 2 saturated heterocycles. The van der Waals surface area contributed by atoms with Gasteiger partial charge in [-0.1, -0.05) is 5.16 Å². The summed E-state index contributed by atoms with van der Waals surface area (Å²) in [5, 5.41) is 3.94. The summed E-state index contributed by atoms with van der Waals surface area (Å²) in [7, 11) is 0. The van der Waals surface area contributed by atoms with E-state index >= 15 is 0 Å². The first kappa shape index (κ1) is 10.3. The van der Waals surface area contributed by atoms with Crippen LogP contribution in [-0.2, 0) is 6.54 Å². The van der Waals surface area contributed by atoms with Gasteiger partial charge in [0.15, 0.2) is 5.76 Å². The van der Waals surface area contributed by atoms with Crippen molar-refractivity contribution in [1.29, 1.82) is 0 Å². The van der Waals surface area contributed by atoms with Crippen molar-refractivity contribution in [2.45, 2.75) is 32.4 Å². The fourth-order valence-electron chi connectivity index (χ4n) is 2.91. The summed E-state index contributed by atoms with van der Waals surface area (Å²) >= 11 is 0. The summed E-state index contributed by atoms with van der Waals surface area (Å²) < 4.78 is 5.27.